The monoisotopic (exact) mass is 342 g/mol. The van der Waals surface area contributed by atoms with Crippen molar-refractivity contribution in [3.63, 3.8) is 0 Å². The molecule has 0 aliphatic carbocycles. The second-order valence-corrected chi connectivity index (χ2v) is 6.70. The number of carbonyl (C=O) groups is 1. The summed E-state index contributed by atoms with van der Waals surface area (Å²) in [6.07, 6.45) is 1.72. The average molecular weight is 342 g/mol. The number of methoxy groups -OCH3 is 1. The molecule has 7 heteroatoms. The molecule has 0 spiro atoms. The Balaban J connectivity index is 1.98. The first-order valence-corrected chi connectivity index (χ1v) is 7.80. The number of carbonyl (C=O) groups excluding carboxylic acids is 1. The van der Waals surface area contributed by atoms with Gasteiger partial charge in [0.15, 0.2) is 5.65 Å². The van der Waals surface area contributed by atoms with Crippen molar-refractivity contribution >= 4 is 17.2 Å². The number of ether oxygens (including phenoxy) is 1. The number of imidazole rings is 1. The summed E-state index contributed by atoms with van der Waals surface area (Å²) in [7, 11) is 1.54. The molecule has 3 rings (SSSR count). The summed E-state index contributed by atoms with van der Waals surface area (Å²) in [6, 6.07) is 7.98. The number of hydrogen-bond acceptors (Lipinski definition) is 4. The average Bonchev–Trinajstić information content (AvgIpc) is 2.98. The number of hydrogen-bond donors (Lipinski definition) is 1. The first kappa shape index (κ1) is 16.9. The molecule has 0 unspecified atom stereocenters. The molecule has 2 heterocycles. The second-order valence-electron chi connectivity index (χ2n) is 6.70. The Labute approximate surface area is 144 Å². The molecule has 0 radical (unpaired) electrons. The molecule has 2 aromatic heterocycles. The molecule has 0 aliphatic rings. The van der Waals surface area contributed by atoms with E-state index in [1.54, 1.807) is 55.7 Å². The smallest absolute Gasteiger partial charge is 0.231 e. The van der Waals surface area contributed by atoms with E-state index in [0.29, 0.717) is 22.8 Å². The van der Waals surface area contributed by atoms with E-state index >= 15 is 0 Å². The minimum absolute atomic E-state index is 0.125. The largest absolute Gasteiger partial charge is 0.480 e. The quantitative estimate of drug-likeness (QED) is 0.791. The number of amides is 1. The lowest BCUT2D eigenvalue weighted by atomic mass is 9.95. The van der Waals surface area contributed by atoms with Gasteiger partial charge in [0.2, 0.25) is 11.8 Å². The predicted molar refractivity (Wildman–Crippen MR) is 93.0 cm³/mol. The molecule has 0 saturated carbocycles. The summed E-state index contributed by atoms with van der Waals surface area (Å²) in [5, 5.41) is 6.88. The van der Waals surface area contributed by atoms with Gasteiger partial charge in [-0.2, -0.15) is 0 Å². The highest BCUT2D eigenvalue weighted by molar-refractivity contribution is 5.95. The maximum absolute atomic E-state index is 14.1. The summed E-state index contributed by atoms with van der Waals surface area (Å²) in [5.74, 6) is -0.288. The second kappa shape index (κ2) is 6.16. The fraction of sp³-hybridized carbons (Fsp3) is 0.278. The van der Waals surface area contributed by atoms with Crippen LogP contribution in [-0.4, -0.2) is 27.6 Å². The zero-order valence-corrected chi connectivity index (χ0v) is 14.5. The number of fused-ring (bicyclic) bond motifs is 1. The molecule has 130 valence electrons. The van der Waals surface area contributed by atoms with Gasteiger partial charge in [0.25, 0.3) is 0 Å². The third kappa shape index (κ3) is 3.45. The maximum atomic E-state index is 14.1. The van der Waals surface area contributed by atoms with Crippen LogP contribution in [0.25, 0.3) is 16.9 Å². The first-order chi connectivity index (χ1) is 11.8. The first-order valence-electron chi connectivity index (χ1n) is 7.80. The summed E-state index contributed by atoms with van der Waals surface area (Å²) >= 11 is 0. The van der Waals surface area contributed by atoms with E-state index in [2.05, 4.69) is 15.4 Å². The molecule has 0 fully saturated rings. The van der Waals surface area contributed by atoms with Crippen molar-refractivity contribution in [2.75, 3.05) is 12.4 Å². The standard InChI is InChI=1S/C18H19FN4O2/c1-18(2,3)17(24)21-13-9-11(5-6-12(13)19)14-10-23-15(20-14)7-8-16(22-23)25-4/h5-10H,1-4H3,(H,21,24). The van der Waals surface area contributed by atoms with E-state index in [1.807, 2.05) is 0 Å². The summed E-state index contributed by atoms with van der Waals surface area (Å²) in [4.78, 5) is 16.6. The van der Waals surface area contributed by atoms with Gasteiger partial charge in [-0.05, 0) is 24.3 Å². The lowest BCUT2D eigenvalue weighted by Gasteiger charge is -2.18. The highest BCUT2D eigenvalue weighted by Crippen LogP contribution is 2.26. The Morgan fingerprint density at radius 1 is 1.24 bits per heavy atom. The van der Waals surface area contributed by atoms with Crippen LogP contribution in [0.2, 0.25) is 0 Å². The number of nitrogens with zero attached hydrogens (tertiary/aromatic N) is 3. The van der Waals surface area contributed by atoms with E-state index in [1.165, 1.54) is 13.2 Å². The molecule has 0 aliphatic heterocycles. The van der Waals surface area contributed by atoms with Gasteiger partial charge >= 0.3 is 0 Å². The van der Waals surface area contributed by atoms with Gasteiger partial charge in [0, 0.05) is 17.0 Å². The highest BCUT2D eigenvalue weighted by Gasteiger charge is 2.22. The minimum Gasteiger partial charge on any atom is -0.480 e. The number of aromatic nitrogens is 3. The van der Waals surface area contributed by atoms with Gasteiger partial charge in [-0.3, -0.25) is 4.79 Å². The van der Waals surface area contributed by atoms with Crippen molar-refractivity contribution < 1.29 is 13.9 Å². The zero-order chi connectivity index (χ0) is 18.2. The lowest BCUT2D eigenvalue weighted by Crippen LogP contribution is -2.28. The molecule has 0 bridgehead atoms. The van der Waals surface area contributed by atoms with Gasteiger partial charge in [-0.15, -0.1) is 5.10 Å². The van der Waals surface area contributed by atoms with E-state index < -0.39 is 11.2 Å². The van der Waals surface area contributed by atoms with Crippen LogP contribution >= 0.6 is 0 Å². The van der Waals surface area contributed by atoms with Crippen LogP contribution in [0.1, 0.15) is 20.8 Å². The fourth-order valence-electron chi connectivity index (χ4n) is 2.20. The Bertz CT molecular complexity index is 944. The Hall–Kier alpha value is -2.96. The molecule has 0 atom stereocenters. The Morgan fingerprint density at radius 2 is 2.00 bits per heavy atom. The van der Waals surface area contributed by atoms with E-state index in [-0.39, 0.29) is 11.6 Å². The zero-order valence-electron chi connectivity index (χ0n) is 14.5. The Morgan fingerprint density at radius 3 is 2.68 bits per heavy atom. The summed E-state index contributed by atoms with van der Waals surface area (Å²) < 4.78 is 20.7. The molecular formula is C18H19FN4O2. The van der Waals surface area contributed by atoms with E-state index in [0.717, 1.165) is 0 Å². The van der Waals surface area contributed by atoms with Crippen molar-refractivity contribution in [1.29, 1.82) is 0 Å². The van der Waals surface area contributed by atoms with Crippen molar-refractivity contribution in [1.82, 2.24) is 14.6 Å². The third-order valence-electron chi connectivity index (χ3n) is 3.70. The van der Waals surface area contributed by atoms with Crippen LogP contribution < -0.4 is 10.1 Å². The third-order valence-corrected chi connectivity index (χ3v) is 3.70. The molecule has 1 aromatic carbocycles. The van der Waals surface area contributed by atoms with Crippen LogP contribution in [0.15, 0.2) is 36.5 Å². The molecule has 1 N–H and O–H groups in total. The van der Waals surface area contributed by atoms with Crippen molar-refractivity contribution in [2.24, 2.45) is 5.41 Å². The van der Waals surface area contributed by atoms with Crippen LogP contribution in [0.3, 0.4) is 0 Å². The van der Waals surface area contributed by atoms with Gasteiger partial charge in [0.1, 0.15) is 5.82 Å². The van der Waals surface area contributed by atoms with Crippen molar-refractivity contribution in [3.8, 4) is 17.1 Å². The normalized spacial score (nSPS) is 11.6. The van der Waals surface area contributed by atoms with E-state index in [4.69, 9.17) is 4.74 Å². The molecule has 0 saturated heterocycles. The summed E-state index contributed by atoms with van der Waals surface area (Å²) in [6.45, 7) is 5.31. The predicted octanol–water partition coefficient (Wildman–Crippen LogP) is 3.53. The SMILES string of the molecule is COc1ccc2nc(-c3ccc(F)c(NC(=O)C(C)(C)C)c3)cn2n1. The van der Waals surface area contributed by atoms with Gasteiger partial charge < -0.3 is 10.1 Å². The minimum atomic E-state index is -0.619. The molecular weight excluding hydrogens is 323 g/mol. The topological polar surface area (TPSA) is 68.5 Å². The van der Waals surface area contributed by atoms with Gasteiger partial charge in [-0.25, -0.2) is 13.9 Å². The highest BCUT2D eigenvalue weighted by atomic mass is 19.1. The molecule has 25 heavy (non-hydrogen) atoms. The van der Waals surface area contributed by atoms with E-state index in [9.17, 15) is 9.18 Å². The molecule has 3 aromatic rings. The number of nitrogens with one attached hydrogen (secondary N) is 1. The lowest BCUT2D eigenvalue weighted by molar-refractivity contribution is -0.123. The molecule has 6 nitrogen and oxygen atoms in total. The van der Waals surface area contributed by atoms with Crippen LogP contribution in [0.4, 0.5) is 10.1 Å². The number of rotatable bonds is 3. The van der Waals surface area contributed by atoms with Crippen molar-refractivity contribution in [3.05, 3.63) is 42.3 Å². The van der Waals surface area contributed by atoms with Crippen molar-refractivity contribution in [2.45, 2.75) is 20.8 Å². The van der Waals surface area contributed by atoms with Crippen LogP contribution in [-0.2, 0) is 4.79 Å². The number of anilines is 1. The van der Waals surface area contributed by atoms with Gasteiger partial charge in [0.05, 0.1) is 24.7 Å². The molecule has 1 amide bonds. The maximum Gasteiger partial charge on any atom is 0.231 e. The Kier molecular flexibility index (Phi) is 4.16. The number of halogens is 1. The fourth-order valence-corrected chi connectivity index (χ4v) is 2.20. The van der Waals surface area contributed by atoms with Gasteiger partial charge in [-0.1, -0.05) is 20.8 Å². The van der Waals surface area contributed by atoms with Crippen LogP contribution in [0, 0.1) is 11.2 Å². The summed E-state index contributed by atoms with van der Waals surface area (Å²) in [5.41, 5.74) is 1.44. The van der Waals surface area contributed by atoms with Crippen LogP contribution in [0.5, 0.6) is 5.88 Å². The number of benzene rings is 1.